The Bertz CT molecular complexity index is 612. The van der Waals surface area contributed by atoms with E-state index < -0.39 is 11.5 Å². The van der Waals surface area contributed by atoms with Gasteiger partial charge in [0, 0.05) is 12.3 Å². The van der Waals surface area contributed by atoms with E-state index in [1.807, 2.05) is 0 Å². The molecule has 0 amide bonds. The molecular weight excluding hydrogens is 224 g/mol. The van der Waals surface area contributed by atoms with Crippen molar-refractivity contribution in [3.63, 3.8) is 0 Å². The zero-order valence-corrected chi connectivity index (χ0v) is 9.01. The quantitative estimate of drug-likeness (QED) is 0.825. The number of carbonyl (C=O) groups is 1. The van der Waals surface area contributed by atoms with Crippen LogP contribution in [0.5, 0.6) is 5.75 Å². The standard InChI is InChI=1S/C11H10N2O4/c1-17-8-4-2-3-7(5-8)13-6-9(11(15)16)10(14)12-13/h2-6H,1H3,(H,12,14)(H,15,16). The van der Waals surface area contributed by atoms with E-state index in [1.165, 1.54) is 18.0 Å². The minimum absolute atomic E-state index is 0.298. The van der Waals surface area contributed by atoms with Gasteiger partial charge in [-0.15, -0.1) is 0 Å². The summed E-state index contributed by atoms with van der Waals surface area (Å²) in [6, 6.07) is 6.90. The lowest BCUT2D eigenvalue weighted by atomic mass is 10.3. The second kappa shape index (κ2) is 4.17. The lowest BCUT2D eigenvalue weighted by molar-refractivity contribution is 0.0695. The van der Waals surface area contributed by atoms with Crippen LogP contribution in [0.1, 0.15) is 10.4 Å². The Balaban J connectivity index is 2.49. The number of aromatic carboxylic acids is 1. The molecule has 0 aliphatic heterocycles. The monoisotopic (exact) mass is 234 g/mol. The Morgan fingerprint density at radius 3 is 2.82 bits per heavy atom. The van der Waals surface area contributed by atoms with Gasteiger partial charge in [-0.1, -0.05) is 6.07 Å². The van der Waals surface area contributed by atoms with Gasteiger partial charge in [0.15, 0.2) is 0 Å². The molecule has 0 fully saturated rings. The Hall–Kier alpha value is -2.50. The maximum absolute atomic E-state index is 11.3. The second-order valence-corrected chi connectivity index (χ2v) is 3.36. The van der Waals surface area contributed by atoms with Gasteiger partial charge in [-0.25, -0.2) is 4.79 Å². The normalized spacial score (nSPS) is 10.2. The molecule has 0 bridgehead atoms. The Morgan fingerprint density at radius 1 is 1.47 bits per heavy atom. The van der Waals surface area contributed by atoms with Crippen molar-refractivity contribution in [3.05, 3.63) is 46.4 Å². The molecular formula is C11H10N2O4. The summed E-state index contributed by atoms with van der Waals surface area (Å²) in [4.78, 5) is 22.1. The van der Waals surface area contributed by atoms with Crippen molar-refractivity contribution >= 4 is 5.97 Å². The maximum Gasteiger partial charge on any atom is 0.342 e. The molecule has 0 aliphatic rings. The molecule has 1 heterocycles. The van der Waals surface area contributed by atoms with E-state index in [0.717, 1.165) is 0 Å². The van der Waals surface area contributed by atoms with Crippen LogP contribution in [0.4, 0.5) is 0 Å². The SMILES string of the molecule is COc1cccc(-n2cc(C(=O)O)c(=O)[nH]2)c1. The van der Waals surface area contributed by atoms with E-state index in [-0.39, 0.29) is 5.56 Å². The first kappa shape index (κ1) is 11.0. The number of aromatic nitrogens is 2. The number of carboxylic acids is 1. The van der Waals surface area contributed by atoms with Gasteiger partial charge in [-0.05, 0) is 12.1 Å². The molecule has 6 nitrogen and oxygen atoms in total. The number of nitrogens with one attached hydrogen (secondary N) is 1. The van der Waals surface area contributed by atoms with Crippen molar-refractivity contribution in [3.8, 4) is 11.4 Å². The fourth-order valence-electron chi connectivity index (χ4n) is 1.44. The molecule has 0 atom stereocenters. The molecule has 0 spiro atoms. The van der Waals surface area contributed by atoms with E-state index >= 15 is 0 Å². The van der Waals surface area contributed by atoms with Gasteiger partial charge in [0.25, 0.3) is 5.56 Å². The number of carboxylic acid groups (broad SMARTS) is 1. The number of nitrogens with zero attached hydrogens (tertiary/aromatic N) is 1. The van der Waals surface area contributed by atoms with Crippen LogP contribution >= 0.6 is 0 Å². The van der Waals surface area contributed by atoms with Gasteiger partial charge >= 0.3 is 5.97 Å². The summed E-state index contributed by atoms with van der Waals surface area (Å²) in [6.45, 7) is 0. The number of hydrogen-bond acceptors (Lipinski definition) is 3. The molecule has 0 saturated carbocycles. The van der Waals surface area contributed by atoms with E-state index in [9.17, 15) is 9.59 Å². The highest BCUT2D eigenvalue weighted by Crippen LogP contribution is 2.15. The zero-order valence-electron chi connectivity index (χ0n) is 9.01. The van der Waals surface area contributed by atoms with Crippen LogP contribution < -0.4 is 10.3 Å². The first-order chi connectivity index (χ1) is 8.11. The summed E-state index contributed by atoms with van der Waals surface area (Å²) >= 11 is 0. The molecule has 1 aromatic carbocycles. The van der Waals surface area contributed by atoms with Crippen LogP contribution in [0.25, 0.3) is 5.69 Å². The van der Waals surface area contributed by atoms with Crippen molar-refractivity contribution in [2.45, 2.75) is 0 Å². The summed E-state index contributed by atoms with van der Waals surface area (Å²) in [7, 11) is 1.53. The number of benzene rings is 1. The minimum Gasteiger partial charge on any atom is -0.497 e. The van der Waals surface area contributed by atoms with Crippen molar-refractivity contribution < 1.29 is 14.6 Å². The Labute approximate surface area is 96.1 Å². The number of H-pyrrole nitrogens is 1. The summed E-state index contributed by atoms with van der Waals surface area (Å²) in [5.41, 5.74) is -0.318. The van der Waals surface area contributed by atoms with Crippen LogP contribution in [0.15, 0.2) is 35.3 Å². The molecule has 0 saturated heterocycles. The highest BCUT2D eigenvalue weighted by molar-refractivity contribution is 5.86. The van der Waals surface area contributed by atoms with Crippen LogP contribution in [-0.4, -0.2) is 28.0 Å². The number of hydrogen-bond donors (Lipinski definition) is 2. The molecule has 17 heavy (non-hydrogen) atoms. The van der Waals surface area contributed by atoms with E-state index in [2.05, 4.69) is 5.10 Å². The zero-order chi connectivity index (χ0) is 12.4. The molecule has 0 aliphatic carbocycles. The maximum atomic E-state index is 11.3. The van der Waals surface area contributed by atoms with Gasteiger partial charge in [-0.2, -0.15) is 0 Å². The van der Waals surface area contributed by atoms with Crippen molar-refractivity contribution in [1.29, 1.82) is 0 Å². The first-order valence-corrected chi connectivity index (χ1v) is 4.81. The number of ether oxygens (including phenoxy) is 1. The van der Waals surface area contributed by atoms with Crippen molar-refractivity contribution in [1.82, 2.24) is 9.78 Å². The van der Waals surface area contributed by atoms with Gasteiger partial charge in [0.1, 0.15) is 11.3 Å². The third-order valence-electron chi connectivity index (χ3n) is 2.29. The molecule has 2 rings (SSSR count). The van der Waals surface area contributed by atoms with Gasteiger partial charge < -0.3 is 9.84 Å². The van der Waals surface area contributed by atoms with Gasteiger partial charge in [0.2, 0.25) is 0 Å². The Kier molecular flexibility index (Phi) is 2.70. The third kappa shape index (κ3) is 2.05. The second-order valence-electron chi connectivity index (χ2n) is 3.36. The summed E-state index contributed by atoms with van der Waals surface area (Å²) in [6.07, 6.45) is 1.24. The topological polar surface area (TPSA) is 84.3 Å². The van der Waals surface area contributed by atoms with Crippen LogP contribution in [0.3, 0.4) is 0 Å². The lowest BCUT2D eigenvalue weighted by Gasteiger charge is -2.04. The van der Waals surface area contributed by atoms with Gasteiger partial charge in [-0.3, -0.25) is 14.6 Å². The minimum atomic E-state index is -1.26. The molecule has 2 aromatic rings. The number of rotatable bonds is 3. The summed E-state index contributed by atoms with van der Waals surface area (Å²) in [5, 5.41) is 11.2. The van der Waals surface area contributed by atoms with Crippen molar-refractivity contribution in [2.24, 2.45) is 0 Å². The predicted molar refractivity (Wildman–Crippen MR) is 59.9 cm³/mol. The fraction of sp³-hybridized carbons (Fsp3) is 0.0909. The average molecular weight is 234 g/mol. The van der Waals surface area contributed by atoms with E-state index in [0.29, 0.717) is 11.4 Å². The third-order valence-corrected chi connectivity index (χ3v) is 2.29. The van der Waals surface area contributed by atoms with E-state index in [4.69, 9.17) is 9.84 Å². The summed E-state index contributed by atoms with van der Waals surface area (Å²) < 4.78 is 6.38. The average Bonchev–Trinajstić information content (AvgIpc) is 2.71. The van der Waals surface area contributed by atoms with Crippen LogP contribution in [0, 0.1) is 0 Å². The van der Waals surface area contributed by atoms with Gasteiger partial charge in [0.05, 0.1) is 12.8 Å². The largest absolute Gasteiger partial charge is 0.497 e. The smallest absolute Gasteiger partial charge is 0.342 e. The summed E-state index contributed by atoms with van der Waals surface area (Å²) in [5.74, 6) is -0.637. The predicted octanol–water partition coefficient (Wildman–Crippen LogP) is 0.872. The highest BCUT2D eigenvalue weighted by atomic mass is 16.5. The van der Waals surface area contributed by atoms with E-state index in [1.54, 1.807) is 24.3 Å². The molecule has 0 radical (unpaired) electrons. The lowest BCUT2D eigenvalue weighted by Crippen LogP contribution is -2.11. The van der Waals surface area contributed by atoms with Crippen molar-refractivity contribution in [2.75, 3.05) is 7.11 Å². The molecule has 6 heteroatoms. The molecule has 1 aromatic heterocycles. The number of aromatic amines is 1. The number of methoxy groups -OCH3 is 1. The van der Waals surface area contributed by atoms with Crippen LogP contribution in [0.2, 0.25) is 0 Å². The molecule has 2 N–H and O–H groups in total. The Morgan fingerprint density at radius 2 is 2.24 bits per heavy atom. The molecule has 0 unspecified atom stereocenters. The molecule has 88 valence electrons. The fourth-order valence-corrected chi connectivity index (χ4v) is 1.44. The first-order valence-electron chi connectivity index (χ1n) is 4.81. The van der Waals surface area contributed by atoms with Crippen LogP contribution in [-0.2, 0) is 0 Å². The highest BCUT2D eigenvalue weighted by Gasteiger charge is 2.12.